The number of ether oxygens (including phenoxy) is 1. The van der Waals surface area contributed by atoms with Crippen molar-refractivity contribution in [2.75, 3.05) is 19.8 Å². The van der Waals surface area contributed by atoms with E-state index in [1.165, 1.54) is 6.92 Å². The molecule has 4 nitrogen and oxygen atoms in total. The van der Waals surface area contributed by atoms with Crippen molar-refractivity contribution in [3.05, 3.63) is 24.8 Å². The van der Waals surface area contributed by atoms with Crippen LogP contribution in [0, 0.1) is 0 Å². The van der Waals surface area contributed by atoms with Crippen molar-refractivity contribution >= 4 is 5.91 Å². The number of hydrogen-bond donors (Lipinski definition) is 1. The summed E-state index contributed by atoms with van der Waals surface area (Å²) < 4.78 is 5.69. The molecule has 0 aliphatic rings. The van der Waals surface area contributed by atoms with Crippen LogP contribution in [-0.4, -0.2) is 46.8 Å². The highest BCUT2D eigenvalue weighted by molar-refractivity contribution is 5.74. The average Bonchev–Trinajstić information content (AvgIpc) is 2.33. The maximum Gasteiger partial charge on any atom is 0.220 e. The summed E-state index contributed by atoms with van der Waals surface area (Å²) in [6.07, 6.45) is 3.50. The van der Waals surface area contributed by atoms with Gasteiger partial charge in [-0.1, -0.05) is 24.8 Å². The van der Waals surface area contributed by atoms with Gasteiger partial charge in [0.05, 0.1) is 17.7 Å². The molecule has 0 fully saturated rings. The summed E-state index contributed by atoms with van der Waals surface area (Å²) in [5.41, 5.74) is -0.378. The molecule has 0 saturated carbocycles. The zero-order valence-electron chi connectivity index (χ0n) is 14.2. The minimum absolute atomic E-state index is 0.0641. The summed E-state index contributed by atoms with van der Waals surface area (Å²) >= 11 is 0. The monoisotopic (exact) mass is 297 g/mol. The van der Waals surface area contributed by atoms with Crippen molar-refractivity contribution in [3.63, 3.8) is 0 Å². The van der Waals surface area contributed by atoms with E-state index in [-0.39, 0.29) is 12.5 Å². The lowest BCUT2D eigenvalue weighted by Crippen LogP contribution is -2.54. The molecule has 0 aromatic heterocycles. The van der Waals surface area contributed by atoms with Gasteiger partial charge in [-0.15, -0.1) is 0 Å². The van der Waals surface area contributed by atoms with E-state index < -0.39 is 11.1 Å². The molecule has 0 aromatic carbocycles. The zero-order valence-corrected chi connectivity index (χ0v) is 14.2. The minimum atomic E-state index is -0.926. The molecule has 0 unspecified atom stereocenters. The van der Waals surface area contributed by atoms with Crippen LogP contribution >= 0.6 is 0 Å². The first-order valence-corrected chi connectivity index (χ1v) is 7.38. The molecule has 0 rings (SSSR count). The molecule has 4 heteroatoms. The Morgan fingerprint density at radius 3 is 2.33 bits per heavy atom. The van der Waals surface area contributed by atoms with E-state index in [1.807, 2.05) is 13.8 Å². The Kier molecular flexibility index (Phi) is 7.90. The Balaban J connectivity index is 4.39. The Morgan fingerprint density at radius 2 is 1.90 bits per heavy atom. The third kappa shape index (κ3) is 8.68. The van der Waals surface area contributed by atoms with Gasteiger partial charge in [0.15, 0.2) is 0 Å². The molecule has 0 atom stereocenters. The van der Waals surface area contributed by atoms with Crippen LogP contribution in [0.5, 0.6) is 0 Å². The second kappa shape index (κ2) is 8.35. The van der Waals surface area contributed by atoms with Crippen LogP contribution in [0.1, 0.15) is 47.5 Å². The van der Waals surface area contributed by atoms with E-state index in [2.05, 4.69) is 13.2 Å². The predicted molar refractivity (Wildman–Crippen MR) is 87.2 cm³/mol. The Hall–Kier alpha value is -1.13. The van der Waals surface area contributed by atoms with Gasteiger partial charge in [-0.05, 0) is 40.5 Å². The van der Waals surface area contributed by atoms with Gasteiger partial charge in [-0.25, -0.2) is 0 Å². The van der Waals surface area contributed by atoms with Crippen LogP contribution in [0.25, 0.3) is 0 Å². The quantitative estimate of drug-likeness (QED) is 0.498. The van der Waals surface area contributed by atoms with E-state index in [1.54, 1.807) is 24.8 Å². The molecular weight excluding hydrogens is 266 g/mol. The molecule has 0 aromatic rings. The van der Waals surface area contributed by atoms with Gasteiger partial charge < -0.3 is 14.7 Å². The van der Waals surface area contributed by atoms with Gasteiger partial charge in [-0.3, -0.25) is 4.79 Å². The second-order valence-electron chi connectivity index (χ2n) is 6.75. The molecule has 0 spiro atoms. The third-order valence-electron chi connectivity index (χ3n) is 3.19. The van der Waals surface area contributed by atoms with Crippen LogP contribution in [0.4, 0.5) is 0 Å². The first kappa shape index (κ1) is 19.9. The van der Waals surface area contributed by atoms with Gasteiger partial charge in [0, 0.05) is 20.1 Å². The summed E-state index contributed by atoms with van der Waals surface area (Å²) in [6.45, 7) is 17.7. The number of nitrogens with zero attached hydrogens (tertiary/aromatic N) is 1. The van der Waals surface area contributed by atoms with Gasteiger partial charge in [0.2, 0.25) is 5.91 Å². The molecule has 122 valence electrons. The van der Waals surface area contributed by atoms with Gasteiger partial charge in [-0.2, -0.15) is 0 Å². The van der Waals surface area contributed by atoms with E-state index in [4.69, 9.17) is 4.74 Å². The SMILES string of the molecule is C=CC(=C)CCCOCC(C)(C)N(CC(C)(C)O)C(C)=O. The number of aliphatic hydroxyl groups is 1. The molecule has 0 aliphatic heterocycles. The van der Waals surface area contributed by atoms with E-state index in [0.717, 1.165) is 18.4 Å². The smallest absolute Gasteiger partial charge is 0.220 e. The van der Waals surface area contributed by atoms with E-state index in [9.17, 15) is 9.90 Å². The highest BCUT2D eigenvalue weighted by Crippen LogP contribution is 2.19. The van der Waals surface area contributed by atoms with Crippen molar-refractivity contribution in [2.24, 2.45) is 0 Å². The highest BCUT2D eigenvalue weighted by Gasteiger charge is 2.32. The number of allylic oxidation sites excluding steroid dienone is 2. The maximum atomic E-state index is 11.8. The molecule has 1 N–H and O–H groups in total. The molecule has 0 saturated heterocycles. The van der Waals surface area contributed by atoms with Crippen LogP contribution in [-0.2, 0) is 9.53 Å². The van der Waals surface area contributed by atoms with Gasteiger partial charge in [0.25, 0.3) is 0 Å². The van der Waals surface area contributed by atoms with Crippen LogP contribution in [0.3, 0.4) is 0 Å². The lowest BCUT2D eigenvalue weighted by atomic mass is 10.00. The maximum absolute atomic E-state index is 11.8. The van der Waals surface area contributed by atoms with Gasteiger partial charge >= 0.3 is 0 Å². The Morgan fingerprint density at radius 1 is 1.33 bits per heavy atom. The van der Waals surface area contributed by atoms with E-state index >= 15 is 0 Å². The molecule has 0 aliphatic carbocycles. The minimum Gasteiger partial charge on any atom is -0.389 e. The zero-order chi connectivity index (χ0) is 16.7. The fourth-order valence-corrected chi connectivity index (χ4v) is 2.04. The van der Waals surface area contributed by atoms with Crippen molar-refractivity contribution in [2.45, 2.75) is 58.6 Å². The average molecular weight is 297 g/mol. The molecule has 0 heterocycles. The lowest BCUT2D eigenvalue weighted by molar-refractivity contribution is -0.141. The number of hydrogen-bond acceptors (Lipinski definition) is 3. The number of amides is 1. The Bertz CT molecular complexity index is 367. The number of β-amino-alcohol motifs (C(OH)–C–C–N with tert-alkyl or cyclic N) is 1. The normalized spacial score (nSPS) is 12.1. The van der Waals surface area contributed by atoms with Crippen molar-refractivity contribution in [3.8, 4) is 0 Å². The number of carbonyl (C=O) groups is 1. The molecule has 1 amide bonds. The van der Waals surface area contributed by atoms with Crippen LogP contribution in [0.15, 0.2) is 24.8 Å². The molecule has 0 bridgehead atoms. The summed E-state index contributed by atoms with van der Waals surface area (Å²) in [5.74, 6) is -0.0641. The lowest BCUT2D eigenvalue weighted by Gasteiger charge is -2.40. The second-order valence-corrected chi connectivity index (χ2v) is 6.75. The molecule has 0 radical (unpaired) electrons. The number of rotatable bonds is 10. The Labute approximate surface area is 129 Å². The van der Waals surface area contributed by atoms with Crippen LogP contribution < -0.4 is 0 Å². The summed E-state index contributed by atoms with van der Waals surface area (Å²) in [4.78, 5) is 13.5. The molecular formula is C17H31NO3. The highest BCUT2D eigenvalue weighted by atomic mass is 16.5. The largest absolute Gasteiger partial charge is 0.389 e. The standard InChI is InChI=1S/C17H31NO3/c1-8-14(2)10-9-11-21-13-16(4,5)18(15(3)19)12-17(6,7)20/h8,20H,1-2,9-13H2,3-7H3. The first-order chi connectivity index (χ1) is 9.49. The topological polar surface area (TPSA) is 49.8 Å². The molecule has 21 heavy (non-hydrogen) atoms. The van der Waals surface area contributed by atoms with Crippen molar-refractivity contribution in [1.82, 2.24) is 4.90 Å². The van der Waals surface area contributed by atoms with Gasteiger partial charge in [0.1, 0.15) is 0 Å². The van der Waals surface area contributed by atoms with E-state index in [0.29, 0.717) is 13.2 Å². The van der Waals surface area contributed by atoms with Crippen molar-refractivity contribution < 1.29 is 14.6 Å². The van der Waals surface area contributed by atoms with Crippen molar-refractivity contribution in [1.29, 1.82) is 0 Å². The summed E-state index contributed by atoms with van der Waals surface area (Å²) in [6, 6.07) is 0. The van der Waals surface area contributed by atoms with Crippen LogP contribution in [0.2, 0.25) is 0 Å². The first-order valence-electron chi connectivity index (χ1n) is 7.38. The summed E-state index contributed by atoms with van der Waals surface area (Å²) in [7, 11) is 0. The predicted octanol–water partition coefficient (Wildman–Crippen LogP) is 2.92. The fourth-order valence-electron chi connectivity index (χ4n) is 2.04. The number of carbonyl (C=O) groups excluding carboxylic acids is 1. The third-order valence-corrected chi connectivity index (χ3v) is 3.19. The fraction of sp³-hybridized carbons (Fsp3) is 0.706. The summed E-state index contributed by atoms with van der Waals surface area (Å²) in [5, 5.41) is 9.94.